The van der Waals surface area contributed by atoms with Gasteiger partial charge in [0.2, 0.25) is 0 Å². The molecule has 0 spiro atoms. The Bertz CT molecular complexity index is 1110. The summed E-state index contributed by atoms with van der Waals surface area (Å²) in [4.78, 5) is 41.1. The second-order valence-corrected chi connectivity index (χ2v) is 14.7. The van der Waals surface area contributed by atoms with Crippen LogP contribution in [0.1, 0.15) is 93.4 Å². The Morgan fingerprint density at radius 1 is 1.03 bits per heavy atom. The lowest BCUT2D eigenvalue weighted by molar-refractivity contribution is -0.189. The van der Waals surface area contributed by atoms with E-state index in [-0.39, 0.29) is 52.0 Å². The maximum atomic E-state index is 14.4. The van der Waals surface area contributed by atoms with E-state index in [0.717, 1.165) is 44.8 Å². The lowest BCUT2D eigenvalue weighted by atomic mass is 9.33. The summed E-state index contributed by atoms with van der Waals surface area (Å²) < 4.78 is 5.44. The van der Waals surface area contributed by atoms with Crippen molar-refractivity contribution in [2.24, 2.45) is 56.7 Å². The summed E-state index contributed by atoms with van der Waals surface area (Å²) in [6.45, 7) is 15.4. The van der Waals surface area contributed by atoms with Gasteiger partial charge in [0.1, 0.15) is 0 Å². The van der Waals surface area contributed by atoms with Gasteiger partial charge in [-0.2, -0.15) is 0 Å². The smallest absolute Gasteiger partial charge is 0.312 e. The highest BCUT2D eigenvalue weighted by molar-refractivity contribution is 6.02. The van der Waals surface area contributed by atoms with Crippen molar-refractivity contribution in [1.82, 2.24) is 0 Å². The number of rotatable bonds is 1. The number of Topliss-reactive ketones (excluding diaryl/α,β-unsaturated/α-hetero) is 1. The summed E-state index contributed by atoms with van der Waals surface area (Å²) in [5, 5.41) is 10.0. The van der Waals surface area contributed by atoms with Crippen molar-refractivity contribution in [1.29, 1.82) is 0 Å². The van der Waals surface area contributed by atoms with Crippen LogP contribution in [0.3, 0.4) is 0 Å². The summed E-state index contributed by atoms with van der Waals surface area (Å²) in [5.74, 6) is 0.649. The average Bonchev–Trinajstić information content (AvgIpc) is 2.84. The lowest BCUT2D eigenvalue weighted by Gasteiger charge is -2.70. The molecule has 5 heteroatoms. The number of allylic oxidation sites excluding steroid dienone is 3. The van der Waals surface area contributed by atoms with E-state index in [2.05, 4.69) is 34.6 Å². The Morgan fingerprint density at radius 3 is 2.32 bits per heavy atom. The molecule has 5 aliphatic rings. The summed E-state index contributed by atoms with van der Waals surface area (Å²) in [5.41, 5.74) is -0.497. The van der Waals surface area contributed by atoms with E-state index in [1.807, 2.05) is 19.9 Å². The Morgan fingerprint density at radius 2 is 1.70 bits per heavy atom. The molecule has 5 aliphatic carbocycles. The maximum absolute atomic E-state index is 14.4. The number of aliphatic hydroxyl groups excluding tert-OH is 1. The molecule has 0 saturated heterocycles. The number of ether oxygens (including phenoxy) is 1. The fraction of sp³-hybridized carbons (Fsp3) is 0.781. The van der Waals surface area contributed by atoms with Gasteiger partial charge in [-0.25, -0.2) is 0 Å². The number of carbonyl (C=O) groups excluding carboxylic acids is 3. The predicted molar refractivity (Wildman–Crippen MR) is 142 cm³/mol. The van der Waals surface area contributed by atoms with Crippen molar-refractivity contribution in [3.63, 3.8) is 0 Å². The van der Waals surface area contributed by atoms with Gasteiger partial charge >= 0.3 is 5.97 Å². The van der Waals surface area contributed by atoms with Crippen LogP contribution in [0.15, 0.2) is 23.5 Å². The van der Waals surface area contributed by atoms with Gasteiger partial charge in [-0.05, 0) is 90.9 Å². The number of esters is 1. The van der Waals surface area contributed by atoms with E-state index in [1.165, 1.54) is 12.7 Å². The van der Waals surface area contributed by atoms with E-state index in [0.29, 0.717) is 17.9 Å². The number of carbonyl (C=O) groups is 3. The molecule has 4 fully saturated rings. The monoisotopic (exact) mass is 510 g/mol. The highest BCUT2D eigenvalue weighted by Crippen LogP contribution is 2.75. The zero-order chi connectivity index (χ0) is 27.3. The second kappa shape index (κ2) is 8.05. The van der Waals surface area contributed by atoms with Crippen LogP contribution >= 0.6 is 0 Å². The first-order valence-electron chi connectivity index (χ1n) is 14.4. The third kappa shape index (κ3) is 3.06. The summed E-state index contributed by atoms with van der Waals surface area (Å²) >= 11 is 0. The molecular formula is C32H46O5. The highest BCUT2D eigenvalue weighted by Gasteiger charge is 2.72. The number of ketones is 2. The van der Waals surface area contributed by atoms with Gasteiger partial charge in [-0.1, -0.05) is 54.0 Å². The van der Waals surface area contributed by atoms with Crippen molar-refractivity contribution >= 4 is 17.5 Å². The van der Waals surface area contributed by atoms with Crippen molar-refractivity contribution < 1.29 is 24.2 Å². The van der Waals surface area contributed by atoms with Crippen LogP contribution in [0.5, 0.6) is 0 Å². The van der Waals surface area contributed by atoms with Gasteiger partial charge in [-0.3, -0.25) is 14.4 Å². The Hall–Kier alpha value is -1.91. The Kier molecular flexibility index (Phi) is 5.81. The first-order valence-corrected chi connectivity index (χ1v) is 14.4. The van der Waals surface area contributed by atoms with Gasteiger partial charge in [-0.15, -0.1) is 0 Å². The topological polar surface area (TPSA) is 80.7 Å². The molecule has 4 saturated carbocycles. The van der Waals surface area contributed by atoms with Crippen molar-refractivity contribution in [2.45, 2.75) is 93.4 Å². The molecule has 0 aromatic carbocycles. The third-order valence-electron chi connectivity index (χ3n) is 13.1. The molecule has 5 nitrogen and oxygen atoms in total. The number of aliphatic hydroxyl groups is 1. The fourth-order valence-corrected chi connectivity index (χ4v) is 10.9. The molecular weight excluding hydrogens is 464 g/mol. The molecule has 9 atom stereocenters. The van der Waals surface area contributed by atoms with E-state index in [1.54, 1.807) is 0 Å². The number of hydrogen-bond acceptors (Lipinski definition) is 5. The van der Waals surface area contributed by atoms with Gasteiger partial charge in [0.05, 0.1) is 18.8 Å². The quantitative estimate of drug-likeness (QED) is 0.244. The molecule has 0 unspecified atom stereocenters. The van der Waals surface area contributed by atoms with Gasteiger partial charge in [0.15, 0.2) is 11.6 Å². The summed E-state index contributed by atoms with van der Waals surface area (Å²) in [6, 6.07) is 0. The highest BCUT2D eigenvalue weighted by atomic mass is 16.5. The second-order valence-electron chi connectivity index (χ2n) is 14.7. The van der Waals surface area contributed by atoms with Crippen LogP contribution in [-0.2, 0) is 19.1 Å². The van der Waals surface area contributed by atoms with Crippen molar-refractivity contribution in [3.8, 4) is 0 Å². The zero-order valence-electron chi connectivity index (χ0n) is 24.1. The molecule has 0 radical (unpaired) electrons. The molecule has 0 bridgehead atoms. The molecule has 0 aliphatic heterocycles. The van der Waals surface area contributed by atoms with Crippen LogP contribution in [0.25, 0.3) is 0 Å². The first-order chi connectivity index (χ1) is 17.2. The molecule has 37 heavy (non-hydrogen) atoms. The lowest BCUT2D eigenvalue weighted by Crippen LogP contribution is -2.67. The molecule has 0 aromatic rings. The number of fused-ring (bicyclic) bond motifs is 7. The van der Waals surface area contributed by atoms with Crippen LogP contribution in [-0.4, -0.2) is 29.8 Å². The molecule has 204 valence electrons. The number of methoxy groups -OCH3 is 1. The third-order valence-corrected chi connectivity index (χ3v) is 13.1. The molecule has 0 heterocycles. The Labute approximate surface area is 222 Å². The molecule has 5 rings (SSSR count). The van der Waals surface area contributed by atoms with Gasteiger partial charge in [0.25, 0.3) is 0 Å². The van der Waals surface area contributed by atoms with Crippen LogP contribution in [0.4, 0.5) is 0 Å². The van der Waals surface area contributed by atoms with Gasteiger partial charge < -0.3 is 9.84 Å². The zero-order valence-corrected chi connectivity index (χ0v) is 24.1. The minimum atomic E-state index is -0.631. The van der Waals surface area contributed by atoms with Crippen LogP contribution in [0, 0.1) is 56.7 Å². The molecule has 1 N–H and O–H groups in total. The molecule has 0 aromatic heterocycles. The van der Waals surface area contributed by atoms with Crippen molar-refractivity contribution in [3.05, 3.63) is 23.5 Å². The molecule has 0 amide bonds. The van der Waals surface area contributed by atoms with Crippen LogP contribution < -0.4 is 0 Å². The number of hydrogen-bond donors (Lipinski definition) is 1. The summed E-state index contributed by atoms with van der Waals surface area (Å²) in [7, 11) is 1.50. The maximum Gasteiger partial charge on any atom is 0.312 e. The van der Waals surface area contributed by atoms with E-state index in [4.69, 9.17) is 4.74 Å². The predicted octanol–water partition coefficient (Wildman–Crippen LogP) is 6.62. The van der Waals surface area contributed by atoms with Crippen molar-refractivity contribution in [2.75, 3.05) is 7.11 Å². The minimum absolute atomic E-state index is 0.00646. The average molecular weight is 511 g/mol. The Balaban J connectivity index is 1.69. The normalized spacial score (nSPS) is 49.8. The largest absolute Gasteiger partial charge is 0.515 e. The summed E-state index contributed by atoms with van der Waals surface area (Å²) in [6.07, 6.45) is 8.61. The van der Waals surface area contributed by atoms with Crippen LogP contribution in [0.2, 0.25) is 0 Å². The standard InChI is InChI=1S/C32H46O5/c1-18-9-12-32(27(36)37-8)14-13-30(6)21(24(32)19(18)2)15-22(34)25-29(5)16-20(17-33)26(35)28(3,4)23(29)10-11-31(25,30)7/h15,17-19,23-25,33H,9-14,16H2,1-8H3/b20-17-/t18-,19+,23+,24+,25-,29+,30-,31-,32+/m1/s1. The van der Waals surface area contributed by atoms with E-state index < -0.39 is 16.2 Å². The van der Waals surface area contributed by atoms with E-state index in [9.17, 15) is 19.5 Å². The minimum Gasteiger partial charge on any atom is -0.515 e. The van der Waals surface area contributed by atoms with E-state index >= 15 is 0 Å². The fourth-order valence-electron chi connectivity index (χ4n) is 10.9. The first kappa shape index (κ1) is 26.7. The SMILES string of the molecule is COC(=O)[C@]12CC[C@@H](C)[C@H](C)[C@H]1C1=CC(=O)[C@@H]3[C@@]4(C)C/C(=C/O)C(=O)C(C)(C)[C@@H]4CC[C@@]3(C)[C@]1(C)CC2. The van der Waals surface area contributed by atoms with Gasteiger partial charge in [0, 0.05) is 16.9 Å².